The molecule has 0 radical (unpaired) electrons. The smallest absolute Gasteiger partial charge is 0.119 e. The second kappa shape index (κ2) is 8.91. The fourth-order valence-corrected chi connectivity index (χ4v) is 3.92. The van der Waals surface area contributed by atoms with E-state index in [0.29, 0.717) is 23.8 Å². The van der Waals surface area contributed by atoms with E-state index in [2.05, 4.69) is 0 Å². The molecule has 2 aliphatic rings. The number of anilines is 1. The molecule has 1 aliphatic heterocycles. The van der Waals surface area contributed by atoms with E-state index in [1.807, 2.05) is 30.3 Å². The molecule has 1 aliphatic carbocycles. The molecular weight excluding hydrogens is 386 g/mol. The van der Waals surface area contributed by atoms with Crippen LogP contribution in [0, 0.1) is 0 Å². The molecule has 1 saturated heterocycles. The van der Waals surface area contributed by atoms with Crippen LogP contribution in [0.4, 0.5) is 5.69 Å². The zero-order valence-electron chi connectivity index (χ0n) is 16.7. The van der Waals surface area contributed by atoms with Gasteiger partial charge in [0.05, 0.1) is 12.7 Å². The predicted octanol–water partition coefficient (Wildman–Crippen LogP) is 1.31. The Morgan fingerprint density at radius 1 is 0.967 bits per heavy atom. The first-order valence-electron chi connectivity index (χ1n) is 10.4. The van der Waals surface area contributed by atoms with Crippen LogP contribution in [0.1, 0.15) is 42.1 Å². The van der Waals surface area contributed by atoms with Gasteiger partial charge in [0.15, 0.2) is 0 Å². The maximum Gasteiger partial charge on any atom is 0.119 e. The SMILES string of the molecule is Nc1ccc(C2O[C@H](CO)[C@@H](O)C(O)[C@H]2O)cc1Cc1ccc(OC2CCC2)cc1. The number of nitrogens with two attached hydrogens (primary N) is 1. The van der Waals surface area contributed by atoms with Crippen molar-refractivity contribution >= 4 is 5.69 Å². The lowest BCUT2D eigenvalue weighted by Crippen LogP contribution is -2.55. The second-order valence-electron chi connectivity index (χ2n) is 8.20. The number of aliphatic hydroxyl groups is 4. The lowest BCUT2D eigenvalue weighted by molar-refractivity contribution is -0.231. The highest BCUT2D eigenvalue weighted by molar-refractivity contribution is 5.51. The number of nitrogen functional groups attached to an aromatic ring is 1. The lowest BCUT2D eigenvalue weighted by Gasteiger charge is -2.40. The minimum absolute atomic E-state index is 0.335. The summed E-state index contributed by atoms with van der Waals surface area (Å²) >= 11 is 0. The predicted molar refractivity (Wildman–Crippen MR) is 111 cm³/mol. The largest absolute Gasteiger partial charge is 0.490 e. The van der Waals surface area contributed by atoms with Crippen LogP contribution in [0.25, 0.3) is 0 Å². The van der Waals surface area contributed by atoms with Gasteiger partial charge >= 0.3 is 0 Å². The van der Waals surface area contributed by atoms with Crippen LogP contribution < -0.4 is 10.5 Å². The van der Waals surface area contributed by atoms with Crippen molar-refractivity contribution in [2.24, 2.45) is 0 Å². The summed E-state index contributed by atoms with van der Waals surface area (Å²) in [5.41, 5.74) is 9.33. The average Bonchev–Trinajstić information content (AvgIpc) is 2.72. The summed E-state index contributed by atoms with van der Waals surface area (Å²) in [4.78, 5) is 0. The molecule has 7 nitrogen and oxygen atoms in total. The molecule has 1 saturated carbocycles. The summed E-state index contributed by atoms with van der Waals surface area (Å²) in [6, 6.07) is 13.2. The van der Waals surface area contributed by atoms with Crippen LogP contribution >= 0.6 is 0 Å². The molecule has 0 spiro atoms. The van der Waals surface area contributed by atoms with Gasteiger partial charge in [-0.3, -0.25) is 0 Å². The van der Waals surface area contributed by atoms with Crippen molar-refractivity contribution in [3.63, 3.8) is 0 Å². The summed E-state index contributed by atoms with van der Waals surface area (Å²) in [5.74, 6) is 0.867. The van der Waals surface area contributed by atoms with Gasteiger partial charge in [-0.1, -0.05) is 24.3 Å². The minimum atomic E-state index is -1.41. The van der Waals surface area contributed by atoms with Gasteiger partial charge in [0, 0.05) is 5.69 Å². The van der Waals surface area contributed by atoms with Crippen LogP contribution in [-0.2, 0) is 11.2 Å². The third-order valence-corrected chi connectivity index (χ3v) is 6.06. The molecule has 0 bridgehead atoms. The zero-order valence-corrected chi connectivity index (χ0v) is 16.7. The summed E-state index contributed by atoms with van der Waals surface area (Å²) in [7, 11) is 0. The maximum absolute atomic E-state index is 10.4. The Morgan fingerprint density at radius 2 is 1.70 bits per heavy atom. The van der Waals surface area contributed by atoms with Crippen molar-refractivity contribution in [3.8, 4) is 5.75 Å². The fraction of sp³-hybridized carbons (Fsp3) is 0.478. The molecule has 0 amide bonds. The van der Waals surface area contributed by atoms with E-state index in [1.54, 1.807) is 12.1 Å². The molecule has 2 aromatic carbocycles. The Bertz CT molecular complexity index is 851. The Labute approximate surface area is 175 Å². The maximum atomic E-state index is 10.4. The van der Waals surface area contributed by atoms with Crippen molar-refractivity contribution < 1.29 is 29.9 Å². The minimum Gasteiger partial charge on any atom is -0.490 e. The molecule has 5 atom stereocenters. The first-order chi connectivity index (χ1) is 14.5. The topological polar surface area (TPSA) is 125 Å². The molecule has 1 heterocycles. The Balaban J connectivity index is 1.50. The summed E-state index contributed by atoms with van der Waals surface area (Å²) in [5, 5.41) is 39.9. The molecule has 2 aromatic rings. The van der Waals surface area contributed by atoms with Crippen LogP contribution in [0.15, 0.2) is 42.5 Å². The van der Waals surface area contributed by atoms with Crippen molar-refractivity contribution in [1.29, 1.82) is 0 Å². The van der Waals surface area contributed by atoms with Gasteiger partial charge < -0.3 is 35.6 Å². The van der Waals surface area contributed by atoms with E-state index < -0.39 is 37.1 Å². The van der Waals surface area contributed by atoms with Gasteiger partial charge in [0.25, 0.3) is 0 Å². The number of aliphatic hydroxyl groups excluding tert-OH is 4. The normalized spacial score (nSPS) is 29.4. The monoisotopic (exact) mass is 415 g/mol. The number of hydrogen-bond acceptors (Lipinski definition) is 7. The zero-order chi connectivity index (χ0) is 21.3. The first-order valence-corrected chi connectivity index (χ1v) is 10.4. The molecule has 30 heavy (non-hydrogen) atoms. The van der Waals surface area contributed by atoms with Crippen LogP contribution in [0.5, 0.6) is 5.75 Å². The standard InChI is InChI=1S/C23H29NO6/c24-18-9-6-14(23-22(28)21(27)20(26)19(12-25)30-23)11-15(18)10-13-4-7-17(8-5-13)29-16-2-1-3-16/h4-9,11,16,19-23,25-28H,1-3,10,12,24H2/t19-,20-,21?,22-,23?/m1/s1. The Hall–Kier alpha value is -2.16. The molecule has 7 heteroatoms. The van der Waals surface area contributed by atoms with E-state index in [-0.39, 0.29) is 0 Å². The molecule has 2 fully saturated rings. The van der Waals surface area contributed by atoms with E-state index in [0.717, 1.165) is 29.7 Å². The van der Waals surface area contributed by atoms with E-state index in [4.69, 9.17) is 15.2 Å². The summed E-state index contributed by atoms with van der Waals surface area (Å²) in [6.45, 7) is -0.460. The number of rotatable bonds is 6. The van der Waals surface area contributed by atoms with Crippen LogP contribution in [-0.4, -0.2) is 57.6 Å². The third-order valence-electron chi connectivity index (χ3n) is 6.06. The Kier molecular flexibility index (Phi) is 6.26. The summed E-state index contributed by atoms with van der Waals surface area (Å²) in [6.07, 6.45) is -1.56. The summed E-state index contributed by atoms with van der Waals surface area (Å²) < 4.78 is 11.6. The van der Waals surface area contributed by atoms with Gasteiger partial charge in [-0.05, 0) is 60.6 Å². The van der Waals surface area contributed by atoms with Crippen molar-refractivity contribution in [3.05, 3.63) is 59.2 Å². The van der Waals surface area contributed by atoms with Gasteiger partial charge in [-0.2, -0.15) is 0 Å². The van der Waals surface area contributed by atoms with Gasteiger partial charge in [0.2, 0.25) is 0 Å². The van der Waals surface area contributed by atoms with Gasteiger partial charge in [-0.15, -0.1) is 0 Å². The van der Waals surface area contributed by atoms with Gasteiger partial charge in [0.1, 0.15) is 36.3 Å². The fourth-order valence-electron chi connectivity index (χ4n) is 3.92. The number of benzene rings is 2. The molecule has 162 valence electrons. The van der Waals surface area contributed by atoms with Crippen LogP contribution in [0.2, 0.25) is 0 Å². The van der Waals surface area contributed by atoms with E-state index >= 15 is 0 Å². The number of hydrogen-bond donors (Lipinski definition) is 5. The second-order valence-corrected chi connectivity index (χ2v) is 8.20. The average molecular weight is 415 g/mol. The van der Waals surface area contributed by atoms with E-state index in [1.165, 1.54) is 6.42 Å². The third kappa shape index (κ3) is 4.31. The molecule has 2 unspecified atom stereocenters. The van der Waals surface area contributed by atoms with E-state index in [9.17, 15) is 20.4 Å². The molecule has 6 N–H and O–H groups in total. The van der Waals surface area contributed by atoms with Crippen molar-refractivity contribution in [2.45, 2.75) is 62.3 Å². The van der Waals surface area contributed by atoms with Crippen LogP contribution in [0.3, 0.4) is 0 Å². The molecule has 4 rings (SSSR count). The lowest BCUT2D eigenvalue weighted by atomic mass is 9.89. The molecular formula is C23H29NO6. The van der Waals surface area contributed by atoms with Gasteiger partial charge in [-0.25, -0.2) is 0 Å². The molecule has 0 aromatic heterocycles. The Morgan fingerprint density at radius 3 is 2.33 bits per heavy atom. The van der Waals surface area contributed by atoms with Crippen molar-refractivity contribution in [1.82, 2.24) is 0 Å². The highest BCUT2D eigenvalue weighted by atomic mass is 16.5. The highest BCUT2D eigenvalue weighted by Crippen LogP contribution is 2.34. The quantitative estimate of drug-likeness (QED) is 0.450. The van der Waals surface area contributed by atoms with Crippen molar-refractivity contribution in [2.75, 3.05) is 12.3 Å². The number of ether oxygens (including phenoxy) is 2. The highest BCUT2D eigenvalue weighted by Gasteiger charge is 2.44. The first kappa shape index (κ1) is 21.1.